The Morgan fingerprint density at radius 3 is 2.31 bits per heavy atom. The molecule has 0 unspecified atom stereocenters. The number of carbonyl (C=O) groups is 1. The topological polar surface area (TPSA) is 101 Å². The van der Waals surface area contributed by atoms with Crippen molar-refractivity contribution in [3.63, 3.8) is 0 Å². The summed E-state index contributed by atoms with van der Waals surface area (Å²) in [6.07, 6.45) is 3.09. The van der Waals surface area contributed by atoms with Crippen LogP contribution in [0.2, 0.25) is 0 Å². The molecule has 0 aliphatic rings. The number of hydrogen-bond donors (Lipinski definition) is 1. The molecule has 4 rings (SSSR count). The van der Waals surface area contributed by atoms with E-state index in [1.165, 1.54) is 17.2 Å². The smallest absolute Gasteiger partial charge is 0.258 e. The van der Waals surface area contributed by atoms with Crippen molar-refractivity contribution in [3.8, 4) is 22.5 Å². The van der Waals surface area contributed by atoms with Gasteiger partial charge in [-0.25, -0.2) is 9.97 Å². The third kappa shape index (κ3) is 3.71. The largest absolute Gasteiger partial charge is 0.345 e. The van der Waals surface area contributed by atoms with E-state index in [-0.39, 0.29) is 28.3 Å². The minimum Gasteiger partial charge on any atom is -0.345 e. The first-order valence-corrected chi connectivity index (χ1v) is 10.2. The van der Waals surface area contributed by atoms with Crippen molar-refractivity contribution in [1.82, 2.24) is 24.4 Å². The van der Waals surface area contributed by atoms with E-state index in [9.17, 15) is 14.4 Å². The number of carbonyl (C=O) groups excluding carboxylic acids is 1. The van der Waals surface area contributed by atoms with Crippen LogP contribution < -0.4 is 11.0 Å². The molecule has 0 saturated heterocycles. The summed E-state index contributed by atoms with van der Waals surface area (Å²) in [5, 5.41) is 0. The molecule has 1 N–H and O–H groups in total. The summed E-state index contributed by atoms with van der Waals surface area (Å²) in [5.74, 6) is -0.419. The number of fused-ring (bicyclic) bond motifs is 1. The van der Waals surface area contributed by atoms with Gasteiger partial charge in [0.05, 0.1) is 11.4 Å². The summed E-state index contributed by atoms with van der Waals surface area (Å²) >= 11 is 0. The molecule has 3 aromatic heterocycles. The Labute approximate surface area is 184 Å². The molecule has 1 aromatic carbocycles. The molecule has 0 bridgehead atoms. The molecule has 3 heterocycles. The van der Waals surface area contributed by atoms with Gasteiger partial charge in [0.25, 0.3) is 11.5 Å². The molecule has 0 saturated carbocycles. The highest BCUT2D eigenvalue weighted by Crippen LogP contribution is 2.29. The maximum absolute atomic E-state index is 13.1. The van der Waals surface area contributed by atoms with Gasteiger partial charge < -0.3 is 14.5 Å². The maximum atomic E-state index is 13.1. The summed E-state index contributed by atoms with van der Waals surface area (Å²) < 4.78 is 1.60. The maximum Gasteiger partial charge on any atom is 0.258 e. The van der Waals surface area contributed by atoms with Gasteiger partial charge in [-0.3, -0.25) is 14.4 Å². The monoisotopic (exact) mass is 429 g/mol. The summed E-state index contributed by atoms with van der Waals surface area (Å²) in [5.41, 5.74) is 2.19. The van der Waals surface area contributed by atoms with E-state index in [1.807, 2.05) is 44.2 Å². The zero-order valence-electron chi connectivity index (χ0n) is 18.3. The first-order valence-electron chi connectivity index (χ1n) is 10.2. The lowest BCUT2D eigenvalue weighted by Crippen LogP contribution is -2.28. The van der Waals surface area contributed by atoms with E-state index in [2.05, 4.69) is 9.97 Å². The van der Waals surface area contributed by atoms with Crippen LogP contribution in [0.25, 0.3) is 33.7 Å². The Morgan fingerprint density at radius 2 is 1.66 bits per heavy atom. The van der Waals surface area contributed by atoms with Gasteiger partial charge in [0, 0.05) is 49.7 Å². The zero-order chi connectivity index (χ0) is 23.0. The van der Waals surface area contributed by atoms with Crippen molar-refractivity contribution in [2.45, 2.75) is 19.9 Å². The molecule has 0 radical (unpaired) electrons. The Kier molecular flexibility index (Phi) is 5.44. The predicted octanol–water partition coefficient (Wildman–Crippen LogP) is 3.10. The number of rotatable bonds is 4. The number of pyridine rings is 2. The number of aromatic nitrogens is 4. The van der Waals surface area contributed by atoms with Crippen LogP contribution in [0.4, 0.5) is 0 Å². The fourth-order valence-electron chi connectivity index (χ4n) is 3.47. The van der Waals surface area contributed by atoms with Crippen LogP contribution in [-0.4, -0.2) is 44.4 Å². The number of H-pyrrole nitrogens is 1. The van der Waals surface area contributed by atoms with Crippen molar-refractivity contribution in [1.29, 1.82) is 0 Å². The fraction of sp³-hybridized carbons (Fsp3) is 0.208. The molecule has 0 aliphatic carbocycles. The van der Waals surface area contributed by atoms with Gasteiger partial charge >= 0.3 is 0 Å². The van der Waals surface area contributed by atoms with Crippen molar-refractivity contribution < 1.29 is 4.79 Å². The molecule has 0 spiro atoms. The number of aromatic amines is 1. The average molecular weight is 429 g/mol. The average Bonchev–Trinajstić information content (AvgIpc) is 2.79. The van der Waals surface area contributed by atoms with E-state index in [1.54, 1.807) is 30.9 Å². The molecular weight excluding hydrogens is 406 g/mol. The van der Waals surface area contributed by atoms with Gasteiger partial charge in [-0.15, -0.1) is 0 Å². The second-order valence-electron chi connectivity index (χ2n) is 7.97. The summed E-state index contributed by atoms with van der Waals surface area (Å²) in [7, 11) is 3.16. The van der Waals surface area contributed by atoms with E-state index < -0.39 is 11.3 Å². The summed E-state index contributed by atoms with van der Waals surface area (Å²) in [6.45, 7) is 3.83. The highest BCUT2D eigenvalue weighted by molar-refractivity contribution is 5.96. The van der Waals surface area contributed by atoms with E-state index in [0.29, 0.717) is 17.0 Å². The van der Waals surface area contributed by atoms with Crippen LogP contribution in [0, 0.1) is 0 Å². The lowest BCUT2D eigenvalue weighted by Gasteiger charge is -2.14. The first kappa shape index (κ1) is 21.2. The molecule has 0 aliphatic heterocycles. The van der Waals surface area contributed by atoms with Crippen LogP contribution in [0.5, 0.6) is 0 Å². The van der Waals surface area contributed by atoms with E-state index in [4.69, 9.17) is 4.98 Å². The number of nitrogens with zero attached hydrogens (tertiary/aromatic N) is 4. The van der Waals surface area contributed by atoms with Gasteiger partial charge in [0.2, 0.25) is 5.43 Å². The van der Waals surface area contributed by atoms with Crippen molar-refractivity contribution >= 4 is 17.1 Å². The SMILES string of the molecule is CC(C)n1cc(-c2nc3c(=O)c(C(=O)N(C)C)c[nH]c3nc2-c2ccccc2)ccc1=O. The third-order valence-electron chi connectivity index (χ3n) is 5.16. The first-order chi connectivity index (χ1) is 15.3. The Bertz CT molecular complexity index is 1440. The van der Waals surface area contributed by atoms with Gasteiger partial charge in [-0.2, -0.15) is 0 Å². The molecular formula is C24H23N5O3. The van der Waals surface area contributed by atoms with E-state index in [0.717, 1.165) is 5.56 Å². The molecule has 1 amide bonds. The second-order valence-corrected chi connectivity index (χ2v) is 7.97. The number of benzene rings is 1. The number of amides is 1. The zero-order valence-corrected chi connectivity index (χ0v) is 18.3. The third-order valence-corrected chi connectivity index (χ3v) is 5.16. The number of hydrogen-bond acceptors (Lipinski definition) is 5. The van der Waals surface area contributed by atoms with E-state index >= 15 is 0 Å². The summed E-state index contributed by atoms with van der Waals surface area (Å²) in [6, 6.07) is 12.6. The lowest BCUT2D eigenvalue weighted by atomic mass is 10.0. The van der Waals surface area contributed by atoms with Gasteiger partial charge in [-0.05, 0) is 19.9 Å². The Morgan fingerprint density at radius 1 is 0.969 bits per heavy atom. The minimum atomic E-state index is -0.497. The molecule has 0 atom stereocenters. The van der Waals surface area contributed by atoms with Crippen LogP contribution in [-0.2, 0) is 0 Å². The highest BCUT2D eigenvalue weighted by Gasteiger charge is 2.20. The molecule has 32 heavy (non-hydrogen) atoms. The fourth-order valence-corrected chi connectivity index (χ4v) is 3.47. The van der Waals surface area contributed by atoms with Crippen molar-refractivity contribution in [2.75, 3.05) is 14.1 Å². The molecule has 162 valence electrons. The Balaban J connectivity index is 2.06. The van der Waals surface area contributed by atoms with Crippen LogP contribution in [0.15, 0.2) is 64.4 Å². The van der Waals surface area contributed by atoms with Crippen LogP contribution in [0.3, 0.4) is 0 Å². The standard InChI is InChI=1S/C24H23N5O3/c1-14(2)29-13-16(10-11-18(29)30)20-19(15-8-6-5-7-9-15)27-23-21(26-20)22(31)17(12-25-23)24(32)28(3)4/h5-14H,1-4H3,(H,25,27,31). The highest BCUT2D eigenvalue weighted by atomic mass is 16.2. The van der Waals surface area contributed by atoms with Crippen molar-refractivity contribution in [3.05, 3.63) is 81.0 Å². The minimum absolute atomic E-state index is 0.0117. The molecule has 8 nitrogen and oxygen atoms in total. The van der Waals surface area contributed by atoms with Gasteiger partial charge in [0.1, 0.15) is 5.56 Å². The quantitative estimate of drug-likeness (QED) is 0.537. The van der Waals surface area contributed by atoms with Gasteiger partial charge in [-0.1, -0.05) is 30.3 Å². The van der Waals surface area contributed by atoms with Crippen LogP contribution in [0.1, 0.15) is 30.2 Å². The molecule has 4 aromatic rings. The van der Waals surface area contributed by atoms with Crippen LogP contribution >= 0.6 is 0 Å². The van der Waals surface area contributed by atoms with Crippen molar-refractivity contribution in [2.24, 2.45) is 0 Å². The Hall–Kier alpha value is -4.07. The summed E-state index contributed by atoms with van der Waals surface area (Å²) in [4.78, 5) is 51.5. The molecule has 0 fully saturated rings. The lowest BCUT2D eigenvalue weighted by molar-refractivity contribution is 0.0826. The normalized spacial score (nSPS) is 11.2. The predicted molar refractivity (Wildman–Crippen MR) is 124 cm³/mol. The number of nitrogens with one attached hydrogen (secondary N) is 1. The molecule has 8 heteroatoms. The van der Waals surface area contributed by atoms with Gasteiger partial charge in [0.15, 0.2) is 11.2 Å². The second kappa shape index (κ2) is 8.22.